The largest absolute Gasteiger partial charge is 0.508 e. The van der Waals surface area contributed by atoms with Crippen molar-refractivity contribution in [1.29, 1.82) is 0 Å². The Morgan fingerprint density at radius 1 is 1.06 bits per heavy atom. The van der Waals surface area contributed by atoms with Gasteiger partial charge in [-0.25, -0.2) is 4.79 Å². The third kappa shape index (κ3) is 3.65. The fourth-order valence-corrected chi connectivity index (χ4v) is 1.14. The number of rotatable bonds is 3. The molecule has 0 unspecified atom stereocenters. The van der Waals surface area contributed by atoms with Crippen molar-refractivity contribution in [3.63, 3.8) is 0 Å². The van der Waals surface area contributed by atoms with Crippen LogP contribution < -0.4 is 5.32 Å². The van der Waals surface area contributed by atoms with E-state index in [2.05, 4.69) is 5.32 Å². The maximum Gasteiger partial charge on any atom is 0.349 e. The SMILES string of the molecule is O=C(O)/C(Cl)=C(\Cl)C(=O)Nc1ccc(O)cc1. The maximum absolute atomic E-state index is 11.4. The van der Waals surface area contributed by atoms with E-state index in [4.69, 9.17) is 33.4 Å². The fraction of sp³-hybridized carbons (Fsp3) is 0. The third-order valence-electron chi connectivity index (χ3n) is 1.70. The molecule has 1 amide bonds. The van der Waals surface area contributed by atoms with Crippen molar-refractivity contribution in [2.24, 2.45) is 0 Å². The topological polar surface area (TPSA) is 86.6 Å². The number of carbonyl (C=O) groups is 2. The van der Waals surface area contributed by atoms with Crippen LogP contribution in [-0.2, 0) is 9.59 Å². The van der Waals surface area contributed by atoms with Crippen LogP contribution in [0, 0.1) is 0 Å². The number of halogens is 2. The van der Waals surface area contributed by atoms with Crippen molar-refractivity contribution in [1.82, 2.24) is 0 Å². The van der Waals surface area contributed by atoms with Gasteiger partial charge in [0, 0.05) is 5.69 Å². The number of carbonyl (C=O) groups excluding carboxylic acids is 1. The zero-order chi connectivity index (χ0) is 13.0. The summed E-state index contributed by atoms with van der Waals surface area (Å²) in [5.74, 6) is -2.30. The molecule has 0 aliphatic rings. The van der Waals surface area contributed by atoms with Crippen molar-refractivity contribution in [2.75, 3.05) is 5.32 Å². The van der Waals surface area contributed by atoms with E-state index in [1.54, 1.807) is 0 Å². The van der Waals surface area contributed by atoms with E-state index in [0.717, 1.165) is 0 Å². The molecule has 7 heteroatoms. The Labute approximate surface area is 106 Å². The predicted octanol–water partition coefficient (Wildman–Crippen LogP) is 2.10. The van der Waals surface area contributed by atoms with Crippen molar-refractivity contribution < 1.29 is 19.8 Å². The molecule has 1 aromatic rings. The van der Waals surface area contributed by atoms with Gasteiger partial charge in [0.15, 0.2) is 0 Å². The highest BCUT2D eigenvalue weighted by atomic mass is 35.5. The van der Waals surface area contributed by atoms with Gasteiger partial charge in [0.1, 0.15) is 15.8 Å². The Morgan fingerprint density at radius 3 is 2.06 bits per heavy atom. The number of phenols is 1. The summed E-state index contributed by atoms with van der Waals surface area (Å²) >= 11 is 10.8. The lowest BCUT2D eigenvalue weighted by Gasteiger charge is -2.04. The Kier molecular flexibility index (Phi) is 4.37. The van der Waals surface area contributed by atoms with Gasteiger partial charge in [-0.2, -0.15) is 0 Å². The van der Waals surface area contributed by atoms with Gasteiger partial charge in [-0.05, 0) is 24.3 Å². The molecule has 0 atom stereocenters. The Morgan fingerprint density at radius 2 is 1.59 bits per heavy atom. The molecular weight excluding hydrogens is 269 g/mol. The molecule has 0 fully saturated rings. The summed E-state index contributed by atoms with van der Waals surface area (Å²) in [5, 5.41) is 18.5. The second kappa shape index (κ2) is 5.56. The lowest BCUT2D eigenvalue weighted by molar-refractivity contribution is -0.132. The molecule has 0 bridgehead atoms. The number of carboxylic acid groups (broad SMARTS) is 1. The number of anilines is 1. The van der Waals surface area contributed by atoms with Crippen LogP contribution >= 0.6 is 23.2 Å². The van der Waals surface area contributed by atoms with Gasteiger partial charge < -0.3 is 15.5 Å². The summed E-state index contributed by atoms with van der Waals surface area (Å²) in [5.41, 5.74) is 0.348. The van der Waals surface area contributed by atoms with Crippen molar-refractivity contribution >= 4 is 40.8 Å². The Balaban J connectivity index is 2.83. The second-order valence-corrected chi connectivity index (χ2v) is 3.69. The highest BCUT2D eigenvalue weighted by Gasteiger charge is 2.17. The molecule has 1 aromatic carbocycles. The summed E-state index contributed by atoms with van der Waals surface area (Å²) in [6, 6.07) is 5.55. The van der Waals surface area contributed by atoms with Gasteiger partial charge in [-0.3, -0.25) is 4.79 Å². The number of hydrogen-bond donors (Lipinski definition) is 3. The summed E-state index contributed by atoms with van der Waals surface area (Å²) in [7, 11) is 0. The van der Waals surface area contributed by atoms with Gasteiger partial charge in [0.05, 0.1) is 0 Å². The van der Waals surface area contributed by atoms with Gasteiger partial charge >= 0.3 is 5.97 Å². The minimum Gasteiger partial charge on any atom is -0.508 e. The van der Waals surface area contributed by atoms with E-state index in [1.807, 2.05) is 0 Å². The van der Waals surface area contributed by atoms with E-state index in [1.165, 1.54) is 24.3 Å². The molecule has 0 saturated heterocycles. The van der Waals surface area contributed by atoms with E-state index in [-0.39, 0.29) is 5.75 Å². The van der Waals surface area contributed by atoms with Gasteiger partial charge in [0.2, 0.25) is 0 Å². The molecule has 0 heterocycles. The quantitative estimate of drug-likeness (QED) is 0.583. The number of aliphatic carboxylic acids is 1. The normalized spacial score (nSPS) is 11.6. The van der Waals surface area contributed by atoms with Crippen LogP contribution in [0.25, 0.3) is 0 Å². The first-order chi connectivity index (χ1) is 7.91. The van der Waals surface area contributed by atoms with Crippen LogP contribution in [0.1, 0.15) is 0 Å². The van der Waals surface area contributed by atoms with Crippen LogP contribution in [0.3, 0.4) is 0 Å². The van der Waals surface area contributed by atoms with E-state index in [0.29, 0.717) is 5.69 Å². The molecule has 5 nitrogen and oxygen atoms in total. The monoisotopic (exact) mass is 275 g/mol. The zero-order valence-corrected chi connectivity index (χ0v) is 9.79. The average Bonchev–Trinajstić information content (AvgIpc) is 2.30. The van der Waals surface area contributed by atoms with Crippen molar-refractivity contribution in [3.8, 4) is 5.75 Å². The molecule has 0 saturated carbocycles. The Bertz CT molecular complexity index is 482. The van der Waals surface area contributed by atoms with E-state index >= 15 is 0 Å². The van der Waals surface area contributed by atoms with Gasteiger partial charge in [-0.15, -0.1) is 0 Å². The first-order valence-corrected chi connectivity index (χ1v) is 5.06. The first kappa shape index (κ1) is 13.3. The number of hydrogen-bond acceptors (Lipinski definition) is 3. The molecule has 0 spiro atoms. The molecular formula is C10H7Cl2NO4. The predicted molar refractivity (Wildman–Crippen MR) is 63.1 cm³/mol. The molecule has 90 valence electrons. The zero-order valence-electron chi connectivity index (χ0n) is 8.28. The van der Waals surface area contributed by atoms with E-state index in [9.17, 15) is 9.59 Å². The highest BCUT2D eigenvalue weighted by Crippen LogP contribution is 2.18. The number of amides is 1. The fourth-order valence-electron chi connectivity index (χ4n) is 0.924. The van der Waals surface area contributed by atoms with Crippen LogP contribution in [0.5, 0.6) is 5.75 Å². The third-order valence-corrected chi connectivity index (χ3v) is 2.51. The first-order valence-electron chi connectivity index (χ1n) is 4.30. The molecule has 0 aliphatic heterocycles. The summed E-state index contributed by atoms with van der Waals surface area (Å²) < 4.78 is 0. The molecule has 0 radical (unpaired) electrons. The summed E-state index contributed by atoms with van der Waals surface area (Å²) in [6.45, 7) is 0. The smallest absolute Gasteiger partial charge is 0.349 e. The summed E-state index contributed by atoms with van der Waals surface area (Å²) in [4.78, 5) is 21.9. The van der Waals surface area contributed by atoms with Gasteiger partial charge in [0.25, 0.3) is 5.91 Å². The van der Waals surface area contributed by atoms with Crippen molar-refractivity contribution in [3.05, 3.63) is 34.3 Å². The molecule has 3 N–H and O–H groups in total. The standard InChI is InChI=1S/C10H7Cl2NO4/c11-7(8(12)10(16)17)9(15)13-5-1-3-6(14)4-2-5/h1-4,14H,(H,13,15)(H,16,17)/b8-7+. The number of benzene rings is 1. The lowest BCUT2D eigenvalue weighted by atomic mass is 10.3. The maximum atomic E-state index is 11.4. The Hall–Kier alpha value is -1.72. The minimum absolute atomic E-state index is 0.0354. The van der Waals surface area contributed by atoms with E-state index < -0.39 is 21.9 Å². The van der Waals surface area contributed by atoms with Gasteiger partial charge in [-0.1, -0.05) is 23.2 Å². The minimum atomic E-state index is -1.49. The highest BCUT2D eigenvalue weighted by molar-refractivity contribution is 6.54. The number of phenolic OH excluding ortho intramolecular Hbond substituents is 1. The van der Waals surface area contributed by atoms with Crippen LogP contribution in [0.2, 0.25) is 0 Å². The molecule has 0 aliphatic carbocycles. The molecule has 0 aromatic heterocycles. The number of nitrogens with one attached hydrogen (secondary N) is 1. The second-order valence-electron chi connectivity index (χ2n) is 2.93. The van der Waals surface area contributed by atoms with Crippen LogP contribution in [0.15, 0.2) is 34.3 Å². The van der Waals surface area contributed by atoms with Crippen LogP contribution in [-0.4, -0.2) is 22.1 Å². The number of carboxylic acids is 1. The molecule has 1 rings (SSSR count). The summed E-state index contributed by atoms with van der Waals surface area (Å²) in [6.07, 6.45) is 0. The van der Waals surface area contributed by atoms with Crippen LogP contribution in [0.4, 0.5) is 5.69 Å². The molecule has 17 heavy (non-hydrogen) atoms. The van der Waals surface area contributed by atoms with Crippen molar-refractivity contribution in [2.45, 2.75) is 0 Å². The number of aromatic hydroxyl groups is 1. The average molecular weight is 276 g/mol. The lowest BCUT2D eigenvalue weighted by Crippen LogP contribution is -2.14.